The van der Waals surface area contributed by atoms with E-state index >= 15 is 0 Å². The Morgan fingerprint density at radius 3 is 2.64 bits per heavy atom. The van der Waals surface area contributed by atoms with Crippen molar-refractivity contribution in [3.8, 4) is 0 Å². The second kappa shape index (κ2) is 7.61. The lowest BCUT2D eigenvalue weighted by atomic mass is 10.0. The van der Waals surface area contributed by atoms with E-state index in [2.05, 4.69) is 40.5 Å². The van der Waals surface area contributed by atoms with Gasteiger partial charge in [-0.2, -0.15) is 0 Å². The fraction of sp³-hybridized carbons (Fsp3) is 0.211. The van der Waals surface area contributed by atoms with Gasteiger partial charge in [-0.15, -0.1) is 0 Å². The second-order valence-electron chi connectivity index (χ2n) is 5.92. The number of anilines is 2. The lowest BCUT2D eigenvalue weighted by Gasteiger charge is -2.13. The number of benzene rings is 1. The topological polar surface area (TPSA) is 80.0 Å². The van der Waals surface area contributed by atoms with Gasteiger partial charge in [0.05, 0.1) is 25.2 Å². The van der Waals surface area contributed by atoms with Gasteiger partial charge in [0, 0.05) is 5.69 Å². The molecule has 0 aliphatic carbocycles. The molecular weight excluding hydrogens is 316 g/mol. The molecule has 2 N–H and O–H groups in total. The van der Waals surface area contributed by atoms with Gasteiger partial charge in [0.2, 0.25) is 0 Å². The highest BCUT2D eigenvalue weighted by Gasteiger charge is 2.10. The first kappa shape index (κ1) is 16.7. The molecule has 0 unspecified atom stereocenters. The maximum absolute atomic E-state index is 12.1. The smallest absolute Gasteiger partial charge is 0.271 e. The Morgan fingerprint density at radius 1 is 1.12 bits per heavy atom. The largest absolute Gasteiger partial charge is 0.467 e. The van der Waals surface area contributed by atoms with Crippen molar-refractivity contribution in [3.05, 3.63) is 72.1 Å². The third-order valence-corrected chi connectivity index (χ3v) is 3.73. The minimum Gasteiger partial charge on any atom is -0.467 e. The summed E-state index contributed by atoms with van der Waals surface area (Å²) < 4.78 is 5.17. The van der Waals surface area contributed by atoms with Crippen LogP contribution in [-0.2, 0) is 6.54 Å². The number of amides is 1. The van der Waals surface area contributed by atoms with Gasteiger partial charge in [0.25, 0.3) is 5.91 Å². The summed E-state index contributed by atoms with van der Waals surface area (Å²) in [5, 5.41) is 5.99. The van der Waals surface area contributed by atoms with E-state index in [1.165, 1.54) is 11.8 Å². The van der Waals surface area contributed by atoms with E-state index in [1.807, 2.05) is 18.2 Å². The van der Waals surface area contributed by atoms with Crippen molar-refractivity contribution in [2.75, 3.05) is 5.32 Å². The van der Waals surface area contributed by atoms with Crippen LogP contribution in [0.3, 0.4) is 0 Å². The van der Waals surface area contributed by atoms with Gasteiger partial charge < -0.3 is 15.1 Å². The van der Waals surface area contributed by atoms with Gasteiger partial charge in [-0.1, -0.05) is 32.0 Å². The van der Waals surface area contributed by atoms with Gasteiger partial charge in [-0.25, -0.2) is 9.97 Å². The molecule has 0 atom stereocenters. The summed E-state index contributed by atoms with van der Waals surface area (Å²) in [6.45, 7) is 4.59. The molecule has 6 nitrogen and oxygen atoms in total. The number of hydrogen-bond donors (Lipinski definition) is 2. The number of carbonyl (C=O) groups excluding carboxylic acids is 1. The number of aromatic nitrogens is 2. The van der Waals surface area contributed by atoms with E-state index in [0.717, 1.165) is 5.69 Å². The van der Waals surface area contributed by atoms with E-state index < -0.39 is 0 Å². The zero-order valence-electron chi connectivity index (χ0n) is 14.2. The predicted octanol–water partition coefficient (Wildman–Crippen LogP) is 3.87. The summed E-state index contributed by atoms with van der Waals surface area (Å²) >= 11 is 0. The number of hydrogen-bond acceptors (Lipinski definition) is 5. The Bertz CT molecular complexity index is 827. The molecule has 0 fully saturated rings. The Labute approximate surface area is 146 Å². The maximum atomic E-state index is 12.1. The summed E-state index contributed by atoms with van der Waals surface area (Å²) in [7, 11) is 0. The highest BCUT2D eigenvalue weighted by atomic mass is 16.3. The van der Waals surface area contributed by atoms with Crippen LogP contribution in [0.5, 0.6) is 0 Å². The fourth-order valence-corrected chi connectivity index (χ4v) is 2.43. The highest BCUT2D eigenvalue weighted by Crippen LogP contribution is 2.25. The van der Waals surface area contributed by atoms with Crippen LogP contribution in [0.25, 0.3) is 0 Å². The number of carbonyl (C=O) groups is 1. The van der Waals surface area contributed by atoms with E-state index in [0.29, 0.717) is 24.0 Å². The first-order valence-electron chi connectivity index (χ1n) is 8.12. The number of rotatable bonds is 6. The lowest BCUT2D eigenvalue weighted by Crippen LogP contribution is -2.23. The number of nitrogens with zero attached hydrogens (tertiary/aromatic N) is 2. The van der Waals surface area contributed by atoms with Crippen LogP contribution in [0.15, 0.2) is 59.5 Å². The van der Waals surface area contributed by atoms with Crippen LogP contribution >= 0.6 is 0 Å². The molecular formula is C19H20N4O2. The van der Waals surface area contributed by atoms with Gasteiger partial charge >= 0.3 is 0 Å². The third-order valence-electron chi connectivity index (χ3n) is 3.73. The van der Waals surface area contributed by atoms with Crippen LogP contribution in [0.4, 0.5) is 11.5 Å². The van der Waals surface area contributed by atoms with Crippen molar-refractivity contribution >= 4 is 17.4 Å². The van der Waals surface area contributed by atoms with E-state index in [9.17, 15) is 4.79 Å². The zero-order chi connectivity index (χ0) is 17.6. The van der Waals surface area contributed by atoms with Crippen LogP contribution in [-0.4, -0.2) is 15.9 Å². The number of furan rings is 1. The quantitative estimate of drug-likeness (QED) is 0.714. The normalized spacial score (nSPS) is 10.7. The highest BCUT2D eigenvalue weighted by molar-refractivity contribution is 5.91. The molecule has 0 bridgehead atoms. The van der Waals surface area contributed by atoms with Crippen molar-refractivity contribution in [2.45, 2.75) is 26.3 Å². The lowest BCUT2D eigenvalue weighted by molar-refractivity contribution is 0.0942. The van der Waals surface area contributed by atoms with Gasteiger partial charge in [0.1, 0.15) is 17.3 Å². The van der Waals surface area contributed by atoms with E-state index in [1.54, 1.807) is 24.6 Å². The summed E-state index contributed by atoms with van der Waals surface area (Å²) in [4.78, 5) is 20.5. The number of para-hydroxylation sites is 1. The van der Waals surface area contributed by atoms with Crippen molar-refractivity contribution < 1.29 is 9.21 Å². The van der Waals surface area contributed by atoms with Gasteiger partial charge in [-0.05, 0) is 29.7 Å². The molecule has 0 saturated heterocycles. The van der Waals surface area contributed by atoms with Crippen molar-refractivity contribution in [3.63, 3.8) is 0 Å². The summed E-state index contributed by atoms with van der Waals surface area (Å²) in [5.74, 6) is 1.38. The van der Waals surface area contributed by atoms with Crippen LogP contribution in [0.1, 0.15) is 41.6 Å². The number of nitrogens with one attached hydrogen (secondary N) is 2. The van der Waals surface area contributed by atoms with Crippen molar-refractivity contribution in [1.82, 2.24) is 15.3 Å². The van der Waals surface area contributed by atoms with Crippen molar-refractivity contribution in [2.24, 2.45) is 0 Å². The Morgan fingerprint density at radius 2 is 1.96 bits per heavy atom. The zero-order valence-corrected chi connectivity index (χ0v) is 14.2. The molecule has 0 aliphatic heterocycles. The molecule has 25 heavy (non-hydrogen) atoms. The molecule has 1 aromatic carbocycles. The Balaban J connectivity index is 1.65. The monoisotopic (exact) mass is 336 g/mol. The van der Waals surface area contributed by atoms with Crippen LogP contribution < -0.4 is 10.6 Å². The summed E-state index contributed by atoms with van der Waals surface area (Å²) in [6, 6.07) is 11.6. The first-order chi connectivity index (χ1) is 12.1. The third kappa shape index (κ3) is 4.23. The Hall–Kier alpha value is -3.15. The Kier molecular flexibility index (Phi) is 5.09. The maximum Gasteiger partial charge on any atom is 0.271 e. The molecule has 0 saturated carbocycles. The molecule has 2 aromatic heterocycles. The van der Waals surface area contributed by atoms with Gasteiger partial charge in [-0.3, -0.25) is 4.79 Å². The predicted molar refractivity (Wildman–Crippen MR) is 95.7 cm³/mol. The average molecular weight is 336 g/mol. The van der Waals surface area contributed by atoms with Crippen LogP contribution in [0, 0.1) is 0 Å². The van der Waals surface area contributed by atoms with Gasteiger partial charge in [0.15, 0.2) is 0 Å². The molecule has 1 amide bonds. The fourth-order valence-electron chi connectivity index (χ4n) is 2.43. The molecule has 2 heterocycles. The first-order valence-corrected chi connectivity index (χ1v) is 8.12. The minimum atomic E-state index is -0.293. The molecule has 0 spiro atoms. The second-order valence-corrected chi connectivity index (χ2v) is 5.92. The average Bonchev–Trinajstić information content (AvgIpc) is 3.14. The molecule has 6 heteroatoms. The standard InChI is InChI=1S/C19H20N4O2/c1-13(2)15-7-3-4-8-16(15)23-18-12-20-17(11-21-18)19(24)22-10-14-6-5-9-25-14/h3-9,11-13H,10H2,1-2H3,(H,21,23)(H,22,24). The van der Waals surface area contributed by atoms with Crippen LogP contribution in [0.2, 0.25) is 0 Å². The molecule has 0 aliphatic rings. The van der Waals surface area contributed by atoms with E-state index in [4.69, 9.17) is 4.42 Å². The minimum absolute atomic E-state index is 0.259. The van der Waals surface area contributed by atoms with E-state index in [-0.39, 0.29) is 11.6 Å². The van der Waals surface area contributed by atoms with Crippen molar-refractivity contribution in [1.29, 1.82) is 0 Å². The SMILES string of the molecule is CC(C)c1ccccc1Nc1cnc(C(=O)NCc2ccco2)cn1. The summed E-state index contributed by atoms with van der Waals surface area (Å²) in [6.07, 6.45) is 4.58. The molecule has 3 rings (SSSR count). The molecule has 128 valence electrons. The molecule has 0 radical (unpaired) electrons. The summed E-state index contributed by atoms with van der Waals surface area (Å²) in [5.41, 5.74) is 2.45. The molecule has 3 aromatic rings.